The van der Waals surface area contributed by atoms with Gasteiger partial charge in [0.15, 0.2) is 5.96 Å². The Balaban J connectivity index is 1.85. The van der Waals surface area contributed by atoms with E-state index in [1.54, 1.807) is 14.2 Å². The van der Waals surface area contributed by atoms with Crippen molar-refractivity contribution in [2.75, 3.05) is 20.7 Å². The highest BCUT2D eigenvalue weighted by Crippen LogP contribution is 2.27. The predicted molar refractivity (Wildman–Crippen MR) is 78.7 cm³/mol. The number of guanidine groups is 1. The summed E-state index contributed by atoms with van der Waals surface area (Å²) in [4.78, 5) is 4.23. The number of aliphatic imine (C=N–C) groups is 1. The van der Waals surface area contributed by atoms with Crippen molar-refractivity contribution in [3.63, 3.8) is 0 Å². The molecule has 0 spiro atoms. The van der Waals surface area contributed by atoms with Gasteiger partial charge in [0.05, 0.1) is 7.11 Å². The van der Waals surface area contributed by atoms with Gasteiger partial charge in [-0.1, -0.05) is 12.1 Å². The molecule has 19 heavy (non-hydrogen) atoms. The van der Waals surface area contributed by atoms with E-state index in [4.69, 9.17) is 4.74 Å². The van der Waals surface area contributed by atoms with Gasteiger partial charge < -0.3 is 15.4 Å². The summed E-state index contributed by atoms with van der Waals surface area (Å²) < 4.78 is 5.33. The maximum atomic E-state index is 5.33. The van der Waals surface area contributed by atoms with E-state index >= 15 is 0 Å². The molecule has 1 aromatic rings. The van der Waals surface area contributed by atoms with Gasteiger partial charge >= 0.3 is 0 Å². The summed E-state index contributed by atoms with van der Waals surface area (Å²) in [5.41, 5.74) is 2.35. The zero-order valence-electron chi connectivity index (χ0n) is 12.0. The minimum atomic E-state index is 0.751. The van der Waals surface area contributed by atoms with Gasteiger partial charge in [0.2, 0.25) is 0 Å². The van der Waals surface area contributed by atoms with Crippen molar-refractivity contribution in [3.05, 3.63) is 29.3 Å². The fourth-order valence-electron chi connectivity index (χ4n) is 1.94. The van der Waals surface area contributed by atoms with Gasteiger partial charge in [-0.05, 0) is 42.9 Å². The second kappa shape index (κ2) is 6.45. The summed E-state index contributed by atoms with van der Waals surface area (Å²) in [6.07, 6.45) is 2.69. The Hall–Kier alpha value is -1.71. The fraction of sp³-hybridized carbons (Fsp3) is 0.533. The number of aryl methyl sites for hydroxylation is 1. The lowest BCUT2D eigenvalue weighted by atomic mass is 10.1. The number of rotatable bonds is 5. The first-order chi connectivity index (χ1) is 9.22. The third-order valence-electron chi connectivity index (χ3n) is 3.41. The molecule has 2 N–H and O–H groups in total. The largest absolute Gasteiger partial charge is 0.496 e. The summed E-state index contributed by atoms with van der Waals surface area (Å²) in [6, 6.07) is 6.26. The molecule has 1 aromatic carbocycles. The smallest absolute Gasteiger partial charge is 0.191 e. The van der Waals surface area contributed by atoms with Gasteiger partial charge in [0.25, 0.3) is 0 Å². The highest BCUT2D eigenvalue weighted by molar-refractivity contribution is 5.79. The third-order valence-corrected chi connectivity index (χ3v) is 3.41. The lowest BCUT2D eigenvalue weighted by molar-refractivity contribution is 0.411. The van der Waals surface area contributed by atoms with Gasteiger partial charge in [-0.2, -0.15) is 0 Å². The maximum absolute atomic E-state index is 5.33. The van der Waals surface area contributed by atoms with Crippen LogP contribution < -0.4 is 15.4 Å². The first-order valence-corrected chi connectivity index (χ1v) is 6.81. The van der Waals surface area contributed by atoms with E-state index in [-0.39, 0.29) is 0 Å². The Morgan fingerprint density at radius 3 is 2.79 bits per heavy atom. The van der Waals surface area contributed by atoms with Crippen molar-refractivity contribution in [2.45, 2.75) is 26.3 Å². The molecule has 0 aromatic heterocycles. The quantitative estimate of drug-likeness (QED) is 0.630. The Kier molecular flexibility index (Phi) is 4.66. The van der Waals surface area contributed by atoms with Crippen molar-refractivity contribution in [1.82, 2.24) is 10.6 Å². The van der Waals surface area contributed by atoms with Crippen molar-refractivity contribution >= 4 is 5.96 Å². The molecule has 1 fully saturated rings. The van der Waals surface area contributed by atoms with Gasteiger partial charge in [-0.15, -0.1) is 0 Å². The molecule has 1 aliphatic carbocycles. The number of methoxy groups -OCH3 is 1. The minimum Gasteiger partial charge on any atom is -0.496 e. The Morgan fingerprint density at radius 2 is 2.16 bits per heavy atom. The van der Waals surface area contributed by atoms with Crippen LogP contribution in [0.4, 0.5) is 0 Å². The zero-order chi connectivity index (χ0) is 13.7. The minimum absolute atomic E-state index is 0.751. The van der Waals surface area contributed by atoms with Crippen LogP contribution in [0.15, 0.2) is 23.2 Å². The predicted octanol–water partition coefficient (Wildman–Crippen LogP) is 2.08. The van der Waals surface area contributed by atoms with Crippen LogP contribution >= 0.6 is 0 Å². The van der Waals surface area contributed by atoms with Crippen LogP contribution in [0.3, 0.4) is 0 Å². The molecule has 1 saturated carbocycles. The number of benzene rings is 1. The standard InChI is InChI=1S/C15H23N3O/c1-11-4-5-13(8-14(11)19-3)10-18-15(16-2)17-9-12-6-7-12/h4-5,8,12H,6-7,9-10H2,1-3H3,(H2,16,17,18). The molecular weight excluding hydrogens is 238 g/mol. The van der Waals surface area contributed by atoms with E-state index < -0.39 is 0 Å². The normalized spacial score (nSPS) is 15.2. The lowest BCUT2D eigenvalue weighted by Crippen LogP contribution is -2.37. The van der Waals surface area contributed by atoms with Crippen molar-refractivity contribution in [2.24, 2.45) is 10.9 Å². The summed E-state index contributed by atoms with van der Waals surface area (Å²) in [5.74, 6) is 2.64. The van der Waals surface area contributed by atoms with Crippen LogP contribution in [0, 0.1) is 12.8 Å². The SMILES string of the molecule is CN=C(NCc1ccc(C)c(OC)c1)NCC1CC1. The lowest BCUT2D eigenvalue weighted by Gasteiger charge is -2.12. The van der Waals surface area contributed by atoms with Crippen molar-refractivity contribution in [3.8, 4) is 5.75 Å². The molecule has 0 bridgehead atoms. The number of hydrogen-bond donors (Lipinski definition) is 2. The number of ether oxygens (including phenoxy) is 1. The molecule has 0 heterocycles. The van der Waals surface area contributed by atoms with E-state index in [0.29, 0.717) is 0 Å². The molecule has 0 aliphatic heterocycles. The van der Waals surface area contributed by atoms with E-state index in [1.165, 1.54) is 18.4 Å². The van der Waals surface area contributed by atoms with Crippen LogP contribution in [0.2, 0.25) is 0 Å². The van der Waals surface area contributed by atoms with E-state index in [1.807, 2.05) is 6.92 Å². The second-order valence-corrected chi connectivity index (χ2v) is 5.05. The van der Waals surface area contributed by atoms with E-state index in [9.17, 15) is 0 Å². The fourth-order valence-corrected chi connectivity index (χ4v) is 1.94. The van der Waals surface area contributed by atoms with E-state index in [0.717, 1.165) is 36.3 Å². The van der Waals surface area contributed by atoms with Crippen molar-refractivity contribution < 1.29 is 4.74 Å². The first-order valence-electron chi connectivity index (χ1n) is 6.81. The number of hydrogen-bond acceptors (Lipinski definition) is 2. The molecule has 0 radical (unpaired) electrons. The van der Waals surface area contributed by atoms with Gasteiger partial charge in [-0.3, -0.25) is 4.99 Å². The van der Waals surface area contributed by atoms with Crippen LogP contribution in [-0.4, -0.2) is 26.7 Å². The molecule has 0 amide bonds. The van der Waals surface area contributed by atoms with Crippen LogP contribution in [0.1, 0.15) is 24.0 Å². The molecule has 4 nitrogen and oxygen atoms in total. The van der Waals surface area contributed by atoms with Crippen LogP contribution in [0.25, 0.3) is 0 Å². The highest BCUT2D eigenvalue weighted by atomic mass is 16.5. The summed E-state index contributed by atoms with van der Waals surface area (Å²) in [5, 5.41) is 6.67. The molecule has 4 heteroatoms. The molecule has 0 saturated heterocycles. The highest BCUT2D eigenvalue weighted by Gasteiger charge is 2.20. The summed E-state index contributed by atoms with van der Waals surface area (Å²) in [7, 11) is 3.51. The van der Waals surface area contributed by atoms with Crippen molar-refractivity contribution in [1.29, 1.82) is 0 Å². The first kappa shape index (κ1) is 13.7. The second-order valence-electron chi connectivity index (χ2n) is 5.05. The monoisotopic (exact) mass is 261 g/mol. The molecule has 0 unspecified atom stereocenters. The topological polar surface area (TPSA) is 45.7 Å². The average molecular weight is 261 g/mol. The molecular formula is C15H23N3O. The Morgan fingerprint density at radius 1 is 1.37 bits per heavy atom. The van der Waals surface area contributed by atoms with Crippen LogP contribution in [-0.2, 0) is 6.54 Å². The Bertz CT molecular complexity index is 453. The summed E-state index contributed by atoms with van der Waals surface area (Å²) >= 11 is 0. The molecule has 2 rings (SSSR count). The molecule has 104 valence electrons. The molecule has 0 atom stereocenters. The van der Waals surface area contributed by atoms with E-state index in [2.05, 4.69) is 33.8 Å². The average Bonchev–Trinajstić information content (AvgIpc) is 3.24. The third kappa shape index (κ3) is 4.16. The van der Waals surface area contributed by atoms with Gasteiger partial charge in [-0.25, -0.2) is 0 Å². The Labute approximate surface area is 115 Å². The van der Waals surface area contributed by atoms with Gasteiger partial charge in [0.1, 0.15) is 5.75 Å². The summed E-state index contributed by atoms with van der Waals surface area (Å²) in [6.45, 7) is 3.82. The zero-order valence-corrected chi connectivity index (χ0v) is 12.0. The number of nitrogens with one attached hydrogen (secondary N) is 2. The molecule has 1 aliphatic rings. The maximum Gasteiger partial charge on any atom is 0.191 e. The van der Waals surface area contributed by atoms with Gasteiger partial charge in [0, 0.05) is 20.1 Å². The van der Waals surface area contributed by atoms with Crippen LogP contribution in [0.5, 0.6) is 5.75 Å². The number of nitrogens with zero attached hydrogens (tertiary/aromatic N) is 1.